The van der Waals surface area contributed by atoms with E-state index in [2.05, 4.69) is 10.6 Å². The number of rotatable bonds is 8. The van der Waals surface area contributed by atoms with Crippen LogP contribution in [0.15, 0.2) is 54.2 Å². The Balaban J connectivity index is 1.98. The van der Waals surface area contributed by atoms with Crippen LogP contribution in [0, 0.1) is 21.4 Å². The van der Waals surface area contributed by atoms with Crippen molar-refractivity contribution < 1.29 is 14.5 Å². The van der Waals surface area contributed by atoms with E-state index in [4.69, 9.17) is 16.3 Å². The Kier molecular flexibility index (Phi) is 7.37. The number of nitrogens with zero attached hydrogens (tertiary/aromatic N) is 2. The molecular formula is C19H17ClN4O4. The van der Waals surface area contributed by atoms with Gasteiger partial charge in [-0.2, -0.15) is 5.26 Å². The summed E-state index contributed by atoms with van der Waals surface area (Å²) in [6.45, 7) is 0.489. The van der Waals surface area contributed by atoms with Gasteiger partial charge in [0.2, 0.25) is 0 Å². The lowest BCUT2D eigenvalue weighted by atomic mass is 10.1. The van der Waals surface area contributed by atoms with Crippen LogP contribution in [0.25, 0.3) is 0 Å². The zero-order valence-corrected chi connectivity index (χ0v) is 15.7. The van der Waals surface area contributed by atoms with Gasteiger partial charge in [-0.15, -0.1) is 0 Å². The van der Waals surface area contributed by atoms with Crippen molar-refractivity contribution in [3.05, 3.63) is 74.9 Å². The summed E-state index contributed by atoms with van der Waals surface area (Å²) in [4.78, 5) is 22.5. The molecule has 144 valence electrons. The van der Waals surface area contributed by atoms with E-state index in [1.165, 1.54) is 18.3 Å². The number of benzene rings is 2. The van der Waals surface area contributed by atoms with Gasteiger partial charge in [0, 0.05) is 24.9 Å². The van der Waals surface area contributed by atoms with Crippen molar-refractivity contribution >= 4 is 28.9 Å². The first-order chi connectivity index (χ1) is 13.4. The Bertz CT molecular complexity index is 953. The molecule has 0 spiro atoms. The third-order valence-electron chi connectivity index (χ3n) is 3.71. The summed E-state index contributed by atoms with van der Waals surface area (Å²) >= 11 is 5.95. The molecule has 0 fully saturated rings. The molecule has 0 heterocycles. The summed E-state index contributed by atoms with van der Waals surface area (Å²) in [5.74, 6) is 0.0257. The van der Waals surface area contributed by atoms with Crippen molar-refractivity contribution in [2.24, 2.45) is 0 Å². The van der Waals surface area contributed by atoms with Crippen LogP contribution in [0.3, 0.4) is 0 Å². The minimum Gasteiger partial charge on any atom is -0.497 e. The molecule has 0 atom stereocenters. The number of nitro benzene ring substituents is 1. The summed E-state index contributed by atoms with van der Waals surface area (Å²) in [7, 11) is 1.59. The second-order valence-electron chi connectivity index (χ2n) is 5.60. The average molecular weight is 401 g/mol. The van der Waals surface area contributed by atoms with Crippen LogP contribution in [0.2, 0.25) is 5.02 Å². The van der Waals surface area contributed by atoms with Gasteiger partial charge >= 0.3 is 0 Å². The quantitative estimate of drug-likeness (QED) is 0.230. The fourth-order valence-corrected chi connectivity index (χ4v) is 2.44. The van der Waals surface area contributed by atoms with Gasteiger partial charge in [0.1, 0.15) is 17.4 Å². The molecule has 0 unspecified atom stereocenters. The number of halogens is 1. The van der Waals surface area contributed by atoms with Crippen molar-refractivity contribution in [2.75, 3.05) is 19.0 Å². The predicted molar refractivity (Wildman–Crippen MR) is 105 cm³/mol. The van der Waals surface area contributed by atoms with Crippen molar-refractivity contribution in [1.82, 2.24) is 5.32 Å². The number of anilines is 1. The molecular weight excluding hydrogens is 384 g/mol. The normalized spacial score (nSPS) is 10.7. The molecule has 0 saturated carbocycles. The number of methoxy groups -OCH3 is 1. The number of nitrogens with one attached hydrogen (secondary N) is 2. The van der Waals surface area contributed by atoms with Crippen molar-refractivity contribution in [1.29, 1.82) is 5.26 Å². The molecule has 2 aromatic rings. The topological polar surface area (TPSA) is 117 Å². The van der Waals surface area contributed by atoms with E-state index < -0.39 is 10.8 Å². The first-order valence-corrected chi connectivity index (χ1v) is 8.54. The maximum atomic E-state index is 12.2. The molecule has 0 bridgehead atoms. The maximum Gasteiger partial charge on any atom is 0.271 e. The third-order valence-corrected chi connectivity index (χ3v) is 4.04. The smallest absolute Gasteiger partial charge is 0.271 e. The highest BCUT2D eigenvalue weighted by Crippen LogP contribution is 2.27. The fraction of sp³-hybridized carbons (Fsp3) is 0.158. The Labute approximate surface area is 166 Å². The van der Waals surface area contributed by atoms with E-state index in [0.29, 0.717) is 13.0 Å². The first-order valence-electron chi connectivity index (χ1n) is 8.16. The van der Waals surface area contributed by atoms with Crippen molar-refractivity contribution in [3.8, 4) is 11.8 Å². The van der Waals surface area contributed by atoms with Crippen LogP contribution in [-0.4, -0.2) is 24.5 Å². The van der Waals surface area contributed by atoms with Crippen LogP contribution in [-0.2, 0) is 11.2 Å². The highest BCUT2D eigenvalue weighted by atomic mass is 35.5. The Hall–Kier alpha value is -3.57. The number of carbonyl (C=O) groups is 1. The number of amides is 1. The standard InChI is InChI=1S/C19H17ClN4O4/c1-28-16-4-2-3-13(9-16)7-8-22-12-14(11-21)19(25)23-18-10-15(24(26)27)5-6-17(18)20/h2-6,9-10,12,22H,7-8H2,1H3,(H,23,25)/b14-12-. The lowest BCUT2D eigenvalue weighted by molar-refractivity contribution is -0.384. The molecule has 2 aromatic carbocycles. The van der Waals surface area contributed by atoms with E-state index in [1.807, 2.05) is 24.3 Å². The van der Waals surface area contributed by atoms with Gasteiger partial charge in [-0.25, -0.2) is 0 Å². The number of nitriles is 1. The molecule has 2 N–H and O–H groups in total. The molecule has 2 rings (SSSR count). The number of hydrogen-bond donors (Lipinski definition) is 2. The highest BCUT2D eigenvalue weighted by molar-refractivity contribution is 6.34. The molecule has 9 heteroatoms. The van der Waals surface area contributed by atoms with E-state index in [9.17, 15) is 20.2 Å². The number of ether oxygens (including phenoxy) is 1. The molecule has 0 radical (unpaired) electrons. The summed E-state index contributed by atoms with van der Waals surface area (Å²) < 4.78 is 5.16. The second kappa shape index (κ2) is 9.94. The Morgan fingerprint density at radius 2 is 2.14 bits per heavy atom. The van der Waals surface area contributed by atoms with Crippen molar-refractivity contribution in [2.45, 2.75) is 6.42 Å². The van der Waals surface area contributed by atoms with Crippen LogP contribution in [0.5, 0.6) is 5.75 Å². The third kappa shape index (κ3) is 5.72. The molecule has 0 saturated heterocycles. The van der Waals surface area contributed by atoms with Crippen LogP contribution in [0.1, 0.15) is 5.56 Å². The van der Waals surface area contributed by atoms with E-state index >= 15 is 0 Å². The minimum atomic E-state index is -0.723. The molecule has 28 heavy (non-hydrogen) atoms. The SMILES string of the molecule is COc1cccc(CCN/C=C(/C#N)C(=O)Nc2cc([N+](=O)[O-])ccc2Cl)c1. The van der Waals surface area contributed by atoms with Gasteiger partial charge in [0.05, 0.1) is 22.7 Å². The van der Waals surface area contributed by atoms with Gasteiger partial charge in [-0.3, -0.25) is 14.9 Å². The molecule has 0 aliphatic heterocycles. The monoisotopic (exact) mass is 400 g/mol. The zero-order chi connectivity index (χ0) is 20.5. The van der Waals surface area contributed by atoms with Gasteiger partial charge in [-0.1, -0.05) is 23.7 Å². The van der Waals surface area contributed by atoms with Gasteiger partial charge < -0.3 is 15.4 Å². The lowest BCUT2D eigenvalue weighted by Gasteiger charge is -2.07. The molecule has 1 amide bonds. The average Bonchev–Trinajstić information content (AvgIpc) is 2.69. The van der Waals surface area contributed by atoms with Crippen molar-refractivity contribution in [3.63, 3.8) is 0 Å². The highest BCUT2D eigenvalue weighted by Gasteiger charge is 2.14. The summed E-state index contributed by atoms with van der Waals surface area (Å²) in [6, 6.07) is 13.0. The lowest BCUT2D eigenvalue weighted by Crippen LogP contribution is -2.18. The minimum absolute atomic E-state index is 0.0541. The van der Waals surface area contributed by atoms with Crippen LogP contribution >= 0.6 is 11.6 Å². The first kappa shape index (κ1) is 20.7. The van der Waals surface area contributed by atoms with Crippen LogP contribution < -0.4 is 15.4 Å². The number of non-ortho nitro benzene ring substituents is 1. The number of nitro groups is 1. The van der Waals surface area contributed by atoms with Crippen LogP contribution in [0.4, 0.5) is 11.4 Å². The summed E-state index contributed by atoms with van der Waals surface area (Å²) in [5, 5.41) is 25.5. The predicted octanol–water partition coefficient (Wildman–Crippen LogP) is 3.44. The van der Waals surface area contributed by atoms with Gasteiger partial charge in [0.15, 0.2) is 0 Å². The van der Waals surface area contributed by atoms with E-state index in [-0.39, 0.29) is 22.0 Å². The number of hydrogen-bond acceptors (Lipinski definition) is 6. The molecule has 0 aliphatic carbocycles. The summed E-state index contributed by atoms with van der Waals surface area (Å²) in [5.41, 5.74) is 0.678. The fourth-order valence-electron chi connectivity index (χ4n) is 2.28. The molecule has 8 nitrogen and oxygen atoms in total. The Morgan fingerprint density at radius 3 is 2.82 bits per heavy atom. The second-order valence-corrected chi connectivity index (χ2v) is 6.01. The Morgan fingerprint density at radius 1 is 1.36 bits per heavy atom. The largest absolute Gasteiger partial charge is 0.497 e. The molecule has 0 aliphatic rings. The van der Waals surface area contributed by atoms with Gasteiger partial charge in [0.25, 0.3) is 11.6 Å². The van der Waals surface area contributed by atoms with E-state index in [1.54, 1.807) is 13.2 Å². The number of carbonyl (C=O) groups excluding carboxylic acids is 1. The van der Waals surface area contributed by atoms with Gasteiger partial charge in [-0.05, 0) is 30.2 Å². The summed E-state index contributed by atoms with van der Waals surface area (Å²) in [6.07, 6.45) is 1.95. The molecule has 0 aromatic heterocycles. The maximum absolute atomic E-state index is 12.2. The van der Waals surface area contributed by atoms with E-state index in [0.717, 1.165) is 17.4 Å². The zero-order valence-electron chi connectivity index (χ0n) is 14.9.